The summed E-state index contributed by atoms with van der Waals surface area (Å²) in [7, 11) is 2.18. The minimum atomic E-state index is 1.06. The van der Waals surface area contributed by atoms with Gasteiger partial charge in [0, 0.05) is 29.4 Å². The van der Waals surface area contributed by atoms with Crippen molar-refractivity contribution in [1.29, 1.82) is 0 Å². The van der Waals surface area contributed by atoms with Crippen molar-refractivity contribution < 1.29 is 0 Å². The molecule has 86 valence electrons. The highest BCUT2D eigenvalue weighted by Gasteiger charge is 2.04. The molecule has 0 saturated carbocycles. The fraction of sp³-hybridized carbons (Fsp3) is 0.667. The summed E-state index contributed by atoms with van der Waals surface area (Å²) in [5.41, 5.74) is 1.43. The van der Waals surface area contributed by atoms with Crippen LogP contribution in [0.2, 0.25) is 0 Å². The number of thiophene rings is 1. The van der Waals surface area contributed by atoms with Gasteiger partial charge in [-0.05, 0) is 39.1 Å². The Hall–Kier alpha value is -0.380. The first-order chi connectivity index (χ1) is 7.13. The van der Waals surface area contributed by atoms with E-state index in [2.05, 4.69) is 44.1 Å². The van der Waals surface area contributed by atoms with Crippen LogP contribution in [0.4, 0.5) is 0 Å². The smallest absolute Gasteiger partial charge is 0.0325 e. The lowest BCUT2D eigenvalue weighted by Crippen LogP contribution is -2.28. The van der Waals surface area contributed by atoms with E-state index in [4.69, 9.17) is 0 Å². The van der Waals surface area contributed by atoms with Crippen molar-refractivity contribution >= 4 is 11.3 Å². The van der Waals surface area contributed by atoms with Gasteiger partial charge in [-0.3, -0.25) is 0 Å². The molecule has 0 atom stereocenters. The van der Waals surface area contributed by atoms with Gasteiger partial charge in [0.05, 0.1) is 0 Å². The van der Waals surface area contributed by atoms with Gasteiger partial charge in [0.15, 0.2) is 0 Å². The largest absolute Gasteiger partial charge is 0.316 e. The minimum absolute atomic E-state index is 1.06. The van der Waals surface area contributed by atoms with Crippen LogP contribution < -0.4 is 5.32 Å². The lowest BCUT2D eigenvalue weighted by molar-refractivity contribution is 0.328. The van der Waals surface area contributed by atoms with E-state index in [1.54, 1.807) is 0 Å². The van der Waals surface area contributed by atoms with Crippen molar-refractivity contribution in [2.75, 3.05) is 26.7 Å². The zero-order valence-electron chi connectivity index (χ0n) is 10.3. The van der Waals surface area contributed by atoms with Crippen LogP contribution in [-0.4, -0.2) is 31.6 Å². The van der Waals surface area contributed by atoms with Crippen LogP contribution in [0.25, 0.3) is 0 Å². The molecule has 0 fully saturated rings. The van der Waals surface area contributed by atoms with Crippen molar-refractivity contribution in [3.05, 3.63) is 21.4 Å². The average Bonchev–Trinajstić information content (AvgIpc) is 2.46. The topological polar surface area (TPSA) is 15.3 Å². The van der Waals surface area contributed by atoms with Crippen LogP contribution in [0.15, 0.2) is 6.07 Å². The molecule has 1 aromatic heterocycles. The van der Waals surface area contributed by atoms with Gasteiger partial charge in [0.1, 0.15) is 0 Å². The van der Waals surface area contributed by atoms with Crippen LogP contribution in [0, 0.1) is 13.8 Å². The van der Waals surface area contributed by atoms with E-state index < -0.39 is 0 Å². The quantitative estimate of drug-likeness (QED) is 0.749. The van der Waals surface area contributed by atoms with Gasteiger partial charge in [-0.15, -0.1) is 11.3 Å². The number of nitrogens with zero attached hydrogens (tertiary/aromatic N) is 1. The first-order valence-electron chi connectivity index (χ1n) is 5.58. The van der Waals surface area contributed by atoms with E-state index >= 15 is 0 Å². The van der Waals surface area contributed by atoms with E-state index in [1.807, 2.05) is 11.3 Å². The molecule has 0 aliphatic heterocycles. The number of likely N-dealkylation sites (N-methyl/N-ethyl adjacent to an activating group) is 2. The van der Waals surface area contributed by atoms with Crippen molar-refractivity contribution in [3.63, 3.8) is 0 Å². The SMILES string of the molecule is CCNCCN(C)Cc1cc(C)c(C)s1. The Labute approximate surface area is 97.3 Å². The van der Waals surface area contributed by atoms with Gasteiger partial charge in [-0.25, -0.2) is 0 Å². The first-order valence-corrected chi connectivity index (χ1v) is 6.40. The van der Waals surface area contributed by atoms with Gasteiger partial charge >= 0.3 is 0 Å². The molecule has 0 spiro atoms. The van der Waals surface area contributed by atoms with Crippen molar-refractivity contribution in [2.24, 2.45) is 0 Å². The molecule has 15 heavy (non-hydrogen) atoms. The van der Waals surface area contributed by atoms with E-state index in [-0.39, 0.29) is 0 Å². The van der Waals surface area contributed by atoms with Gasteiger partial charge in [0.25, 0.3) is 0 Å². The van der Waals surface area contributed by atoms with Crippen LogP contribution in [0.5, 0.6) is 0 Å². The number of aryl methyl sites for hydroxylation is 2. The average molecular weight is 226 g/mol. The molecule has 1 heterocycles. The molecule has 1 rings (SSSR count). The molecule has 0 aliphatic rings. The maximum atomic E-state index is 3.34. The number of nitrogens with one attached hydrogen (secondary N) is 1. The Balaban J connectivity index is 2.34. The summed E-state index contributed by atoms with van der Waals surface area (Å²) in [5, 5.41) is 3.34. The molecular formula is C12H22N2S. The standard InChI is InChI=1S/C12H22N2S/c1-5-13-6-7-14(4)9-12-8-10(2)11(3)15-12/h8,13H,5-7,9H2,1-4H3. The molecular weight excluding hydrogens is 204 g/mol. The molecule has 0 saturated heterocycles. The summed E-state index contributed by atoms with van der Waals surface area (Å²) < 4.78 is 0. The van der Waals surface area contributed by atoms with Gasteiger partial charge in [-0.1, -0.05) is 6.92 Å². The minimum Gasteiger partial charge on any atom is -0.316 e. The van der Waals surface area contributed by atoms with Gasteiger partial charge < -0.3 is 10.2 Å². The van der Waals surface area contributed by atoms with Crippen molar-refractivity contribution in [2.45, 2.75) is 27.3 Å². The summed E-state index contributed by atoms with van der Waals surface area (Å²) >= 11 is 1.92. The third-order valence-electron chi connectivity index (χ3n) is 2.56. The summed E-state index contributed by atoms with van der Waals surface area (Å²) in [6.45, 7) is 10.9. The highest BCUT2D eigenvalue weighted by molar-refractivity contribution is 7.12. The van der Waals surface area contributed by atoms with E-state index in [0.29, 0.717) is 0 Å². The van der Waals surface area contributed by atoms with E-state index in [0.717, 1.165) is 26.2 Å². The molecule has 0 aliphatic carbocycles. The molecule has 0 bridgehead atoms. The Morgan fingerprint density at radius 2 is 2.13 bits per heavy atom. The normalized spacial score (nSPS) is 11.3. The molecule has 0 radical (unpaired) electrons. The number of hydrogen-bond donors (Lipinski definition) is 1. The second kappa shape index (κ2) is 6.26. The third kappa shape index (κ3) is 4.33. The molecule has 2 nitrogen and oxygen atoms in total. The summed E-state index contributed by atoms with van der Waals surface area (Å²) in [5.74, 6) is 0. The molecule has 0 amide bonds. The highest BCUT2D eigenvalue weighted by Crippen LogP contribution is 2.21. The first kappa shape index (κ1) is 12.7. The summed E-state index contributed by atoms with van der Waals surface area (Å²) in [6.07, 6.45) is 0. The highest BCUT2D eigenvalue weighted by atomic mass is 32.1. The van der Waals surface area contributed by atoms with Crippen LogP contribution in [-0.2, 0) is 6.54 Å². The Kier molecular flexibility index (Phi) is 5.29. The molecule has 0 aromatic carbocycles. The fourth-order valence-electron chi connectivity index (χ4n) is 1.52. The number of rotatable bonds is 6. The zero-order chi connectivity index (χ0) is 11.3. The van der Waals surface area contributed by atoms with Crippen LogP contribution in [0.3, 0.4) is 0 Å². The predicted molar refractivity (Wildman–Crippen MR) is 68.7 cm³/mol. The second-order valence-electron chi connectivity index (χ2n) is 4.04. The zero-order valence-corrected chi connectivity index (χ0v) is 11.1. The summed E-state index contributed by atoms with van der Waals surface area (Å²) in [6, 6.07) is 2.31. The molecule has 1 aromatic rings. The Bertz CT molecular complexity index is 274. The van der Waals surface area contributed by atoms with Crippen LogP contribution >= 0.6 is 11.3 Å². The summed E-state index contributed by atoms with van der Waals surface area (Å²) in [4.78, 5) is 5.29. The van der Waals surface area contributed by atoms with E-state index in [1.165, 1.54) is 15.3 Å². The molecule has 3 heteroatoms. The molecule has 1 N–H and O–H groups in total. The predicted octanol–water partition coefficient (Wildman–Crippen LogP) is 2.41. The maximum Gasteiger partial charge on any atom is 0.0325 e. The maximum absolute atomic E-state index is 3.34. The Morgan fingerprint density at radius 3 is 2.67 bits per heavy atom. The second-order valence-corrected chi connectivity index (χ2v) is 5.38. The van der Waals surface area contributed by atoms with Crippen molar-refractivity contribution in [1.82, 2.24) is 10.2 Å². The Morgan fingerprint density at radius 1 is 1.40 bits per heavy atom. The lowest BCUT2D eigenvalue weighted by Gasteiger charge is -2.15. The molecule has 0 unspecified atom stereocenters. The third-order valence-corrected chi connectivity index (χ3v) is 3.70. The lowest BCUT2D eigenvalue weighted by atomic mass is 10.3. The number of hydrogen-bond acceptors (Lipinski definition) is 3. The van der Waals surface area contributed by atoms with Crippen molar-refractivity contribution in [3.8, 4) is 0 Å². The van der Waals surface area contributed by atoms with E-state index in [9.17, 15) is 0 Å². The van der Waals surface area contributed by atoms with Gasteiger partial charge in [0.2, 0.25) is 0 Å². The fourth-order valence-corrected chi connectivity index (χ4v) is 2.65. The monoisotopic (exact) mass is 226 g/mol. The van der Waals surface area contributed by atoms with Crippen LogP contribution in [0.1, 0.15) is 22.2 Å². The van der Waals surface area contributed by atoms with Gasteiger partial charge in [-0.2, -0.15) is 0 Å².